The maximum Gasteiger partial charge on any atom is 0.266 e. The number of thiocarbonyl (C=S) groups is 1. The van der Waals surface area contributed by atoms with Crippen molar-refractivity contribution >= 4 is 67.1 Å². The molecule has 4 nitrogen and oxygen atoms in total. The van der Waals surface area contributed by atoms with Crippen molar-refractivity contribution in [1.82, 2.24) is 14.5 Å². The monoisotopic (exact) mass is 547 g/mol. The number of benzene rings is 2. The number of carbonyl (C=O) groups excluding carboxylic acids is 1. The maximum absolute atomic E-state index is 13.2. The first-order valence-electron chi connectivity index (χ1n) is 11.0. The van der Waals surface area contributed by atoms with E-state index in [-0.39, 0.29) is 5.91 Å². The van der Waals surface area contributed by atoms with Crippen molar-refractivity contribution in [2.75, 3.05) is 0 Å². The third-order valence-electron chi connectivity index (χ3n) is 5.88. The summed E-state index contributed by atoms with van der Waals surface area (Å²) in [5.41, 5.74) is 5.71. The van der Waals surface area contributed by atoms with Crippen LogP contribution in [0.1, 0.15) is 29.2 Å². The summed E-state index contributed by atoms with van der Waals surface area (Å²) < 4.78 is 3.93. The smallest absolute Gasteiger partial charge is 0.266 e. The van der Waals surface area contributed by atoms with Crippen LogP contribution in [-0.2, 0) is 24.3 Å². The summed E-state index contributed by atoms with van der Waals surface area (Å²) in [6.07, 6.45) is 8.57. The number of hydrogen-bond donors (Lipinski definition) is 0. The molecule has 0 aliphatic carbocycles. The number of fused-ring (bicyclic) bond motifs is 1. The molecule has 0 spiro atoms. The topological polar surface area (TPSA) is 38.1 Å². The van der Waals surface area contributed by atoms with Crippen molar-refractivity contribution in [3.63, 3.8) is 0 Å². The van der Waals surface area contributed by atoms with Crippen molar-refractivity contribution in [2.45, 2.75) is 26.4 Å². The van der Waals surface area contributed by atoms with Gasteiger partial charge in [-0.15, -0.1) is 0 Å². The Hall–Kier alpha value is -2.74. The Morgan fingerprint density at radius 3 is 2.62 bits per heavy atom. The molecule has 0 N–H and O–H groups in total. The highest BCUT2D eigenvalue weighted by Gasteiger charge is 2.32. The molecule has 0 saturated carbocycles. The molecule has 170 valence electrons. The number of hydrogen-bond acceptors (Lipinski definition) is 4. The number of aromatic nitrogens is 2. The van der Waals surface area contributed by atoms with Crippen LogP contribution >= 0.6 is 39.9 Å². The van der Waals surface area contributed by atoms with Crippen LogP contribution in [0.15, 0.2) is 82.6 Å². The van der Waals surface area contributed by atoms with Crippen molar-refractivity contribution < 1.29 is 4.79 Å². The van der Waals surface area contributed by atoms with Gasteiger partial charge in [-0.3, -0.25) is 14.7 Å². The Labute approximate surface area is 216 Å². The van der Waals surface area contributed by atoms with E-state index in [0.717, 1.165) is 34.0 Å². The van der Waals surface area contributed by atoms with Gasteiger partial charge >= 0.3 is 0 Å². The zero-order valence-electron chi connectivity index (χ0n) is 18.6. The number of carbonyl (C=O) groups is 1. The van der Waals surface area contributed by atoms with Gasteiger partial charge in [0.05, 0.1) is 17.0 Å². The molecule has 1 aliphatic heterocycles. The predicted molar refractivity (Wildman–Crippen MR) is 148 cm³/mol. The third-order valence-corrected chi connectivity index (χ3v) is 7.79. The highest BCUT2D eigenvalue weighted by Crippen LogP contribution is 2.36. The zero-order valence-corrected chi connectivity index (χ0v) is 21.8. The minimum Gasteiger partial charge on any atom is -0.342 e. The van der Waals surface area contributed by atoms with Gasteiger partial charge < -0.3 is 4.57 Å². The molecule has 1 saturated heterocycles. The lowest BCUT2D eigenvalue weighted by atomic mass is 10.1. The summed E-state index contributed by atoms with van der Waals surface area (Å²) in [7, 11) is 0. The van der Waals surface area contributed by atoms with Gasteiger partial charge in [0, 0.05) is 40.6 Å². The Bertz CT molecular complexity index is 1410. The van der Waals surface area contributed by atoms with Gasteiger partial charge in [-0.05, 0) is 47.4 Å². The highest BCUT2D eigenvalue weighted by molar-refractivity contribution is 9.10. The van der Waals surface area contributed by atoms with Crippen LogP contribution in [0.3, 0.4) is 0 Å². The number of rotatable bonds is 6. The lowest BCUT2D eigenvalue weighted by Crippen LogP contribution is -2.27. The van der Waals surface area contributed by atoms with E-state index in [2.05, 4.69) is 81.1 Å². The van der Waals surface area contributed by atoms with E-state index in [9.17, 15) is 4.79 Å². The standard InChI is InChI=1S/C27H22BrN3OS2/c1-2-20-6-3-7-23-21(17-30(25(20)23)15-18-8-10-22(28)11-9-18)13-24-26(32)31(27(33)34-24)16-19-5-4-12-29-14-19/h3-14,17H,2,15-16H2,1H3/b24-13-. The van der Waals surface area contributed by atoms with E-state index in [1.807, 2.05) is 18.2 Å². The summed E-state index contributed by atoms with van der Waals surface area (Å²) in [5, 5.41) is 1.15. The normalized spacial score (nSPS) is 15.1. The average Bonchev–Trinajstić information content (AvgIpc) is 3.33. The number of nitrogens with zero attached hydrogens (tertiary/aromatic N) is 3. The summed E-state index contributed by atoms with van der Waals surface area (Å²) in [6, 6.07) is 18.6. The van der Waals surface area contributed by atoms with Crippen molar-refractivity contribution in [1.29, 1.82) is 0 Å². The van der Waals surface area contributed by atoms with E-state index in [1.165, 1.54) is 28.4 Å². The molecule has 5 rings (SSSR count). The van der Waals surface area contributed by atoms with Gasteiger partial charge in [-0.25, -0.2) is 0 Å². The van der Waals surface area contributed by atoms with Gasteiger partial charge in [0.25, 0.3) is 5.91 Å². The maximum atomic E-state index is 13.2. The fraction of sp³-hybridized carbons (Fsp3) is 0.148. The van der Waals surface area contributed by atoms with Crippen LogP contribution in [0.4, 0.5) is 0 Å². The molecule has 2 aromatic heterocycles. The molecule has 0 atom stereocenters. The number of para-hydroxylation sites is 1. The highest BCUT2D eigenvalue weighted by atomic mass is 79.9. The second-order valence-electron chi connectivity index (χ2n) is 8.13. The zero-order chi connectivity index (χ0) is 23.7. The van der Waals surface area contributed by atoms with Crippen LogP contribution in [0.2, 0.25) is 0 Å². The Morgan fingerprint density at radius 2 is 1.88 bits per heavy atom. The summed E-state index contributed by atoms with van der Waals surface area (Å²) in [5.74, 6) is -0.0562. The number of amides is 1. The summed E-state index contributed by atoms with van der Waals surface area (Å²) >= 11 is 10.4. The fourth-order valence-electron chi connectivity index (χ4n) is 4.23. The molecule has 1 aliphatic rings. The summed E-state index contributed by atoms with van der Waals surface area (Å²) in [4.78, 5) is 19.7. The first-order chi connectivity index (χ1) is 16.5. The Kier molecular flexibility index (Phi) is 6.68. The minimum atomic E-state index is -0.0562. The lowest BCUT2D eigenvalue weighted by Gasteiger charge is -2.13. The van der Waals surface area contributed by atoms with E-state index in [0.29, 0.717) is 15.8 Å². The van der Waals surface area contributed by atoms with Gasteiger partial charge in [0.2, 0.25) is 0 Å². The van der Waals surface area contributed by atoms with E-state index in [4.69, 9.17) is 12.2 Å². The summed E-state index contributed by atoms with van der Waals surface area (Å²) in [6.45, 7) is 3.37. The first kappa shape index (κ1) is 23.0. The van der Waals surface area contributed by atoms with Crippen molar-refractivity contribution in [2.24, 2.45) is 0 Å². The Morgan fingerprint density at radius 1 is 1.06 bits per heavy atom. The second-order valence-corrected chi connectivity index (χ2v) is 10.7. The molecule has 34 heavy (non-hydrogen) atoms. The van der Waals surface area contributed by atoms with Crippen LogP contribution in [0.5, 0.6) is 0 Å². The molecule has 7 heteroatoms. The molecule has 0 bridgehead atoms. The molecular formula is C27H22BrN3OS2. The molecule has 0 radical (unpaired) electrons. The van der Waals surface area contributed by atoms with Gasteiger partial charge in [0.1, 0.15) is 4.32 Å². The molecule has 2 aromatic carbocycles. The van der Waals surface area contributed by atoms with E-state index >= 15 is 0 Å². The van der Waals surface area contributed by atoms with Crippen LogP contribution in [0, 0.1) is 0 Å². The van der Waals surface area contributed by atoms with Crippen LogP contribution in [-0.4, -0.2) is 24.7 Å². The predicted octanol–water partition coefficient (Wildman–Crippen LogP) is 6.81. The van der Waals surface area contributed by atoms with Crippen LogP contribution < -0.4 is 0 Å². The number of aryl methyl sites for hydroxylation is 1. The van der Waals surface area contributed by atoms with E-state index in [1.54, 1.807) is 17.3 Å². The molecular weight excluding hydrogens is 526 g/mol. The van der Waals surface area contributed by atoms with Crippen LogP contribution in [0.25, 0.3) is 17.0 Å². The molecule has 1 fully saturated rings. The van der Waals surface area contributed by atoms with Crippen molar-refractivity contribution in [3.8, 4) is 0 Å². The SMILES string of the molecule is CCc1cccc2c(/C=C3\SC(=S)N(Cc4cccnc4)C3=O)cn(Cc3ccc(Br)cc3)c12. The van der Waals surface area contributed by atoms with Gasteiger partial charge in [-0.2, -0.15) is 0 Å². The molecule has 0 unspecified atom stereocenters. The second kappa shape index (κ2) is 9.86. The third kappa shape index (κ3) is 4.60. The van der Waals surface area contributed by atoms with Crippen molar-refractivity contribution in [3.05, 3.63) is 105 Å². The number of pyridine rings is 1. The number of thioether (sulfide) groups is 1. The minimum absolute atomic E-state index is 0.0562. The molecule has 3 heterocycles. The first-order valence-corrected chi connectivity index (χ1v) is 13.0. The molecule has 4 aromatic rings. The Balaban J connectivity index is 1.52. The average molecular weight is 549 g/mol. The largest absolute Gasteiger partial charge is 0.342 e. The lowest BCUT2D eigenvalue weighted by molar-refractivity contribution is -0.122. The number of halogens is 1. The molecule has 1 amide bonds. The van der Waals surface area contributed by atoms with Gasteiger partial charge in [0.15, 0.2) is 0 Å². The fourth-order valence-corrected chi connectivity index (χ4v) is 5.74. The van der Waals surface area contributed by atoms with E-state index < -0.39 is 0 Å². The quantitative estimate of drug-likeness (QED) is 0.196. The van der Waals surface area contributed by atoms with Gasteiger partial charge in [-0.1, -0.05) is 83.2 Å².